The number of amides is 1. The fourth-order valence-electron chi connectivity index (χ4n) is 4.36. The molecule has 3 heterocycles. The average molecular weight is 517 g/mol. The lowest BCUT2D eigenvalue weighted by molar-refractivity contribution is 0.102. The highest BCUT2D eigenvalue weighted by atomic mass is 32.2. The Labute approximate surface area is 219 Å². The Bertz CT molecular complexity index is 1370. The number of anilines is 1. The Kier molecular flexibility index (Phi) is 7.07. The molecule has 1 aliphatic carbocycles. The van der Waals surface area contributed by atoms with Crippen LogP contribution in [-0.2, 0) is 12.8 Å². The van der Waals surface area contributed by atoms with Crippen molar-refractivity contribution in [2.24, 2.45) is 16.3 Å². The quantitative estimate of drug-likeness (QED) is 0.213. The number of furan rings is 1. The van der Waals surface area contributed by atoms with Gasteiger partial charge in [-0.2, -0.15) is 0 Å². The summed E-state index contributed by atoms with van der Waals surface area (Å²) in [6.45, 7) is 6.89. The van der Waals surface area contributed by atoms with Gasteiger partial charge in [-0.15, -0.1) is 11.3 Å². The van der Waals surface area contributed by atoms with Gasteiger partial charge in [0, 0.05) is 23.0 Å². The zero-order chi connectivity index (χ0) is 25.1. The van der Waals surface area contributed by atoms with E-state index in [9.17, 15) is 4.79 Å². The summed E-state index contributed by atoms with van der Waals surface area (Å²) in [6.07, 6.45) is 8.02. The number of fused-ring (bicyclic) bond motifs is 1. The molecular formula is C28H28N4O2S2. The number of thiophene rings is 1. The highest BCUT2D eigenvalue weighted by Crippen LogP contribution is 2.45. The van der Waals surface area contributed by atoms with E-state index >= 15 is 0 Å². The number of aromatic nitrogens is 2. The lowest BCUT2D eigenvalue weighted by Crippen LogP contribution is -2.27. The maximum Gasteiger partial charge on any atom is 0.259 e. The van der Waals surface area contributed by atoms with E-state index in [-0.39, 0.29) is 11.3 Å². The Morgan fingerprint density at radius 1 is 1.14 bits per heavy atom. The molecule has 0 saturated carbocycles. The van der Waals surface area contributed by atoms with Gasteiger partial charge < -0.3 is 9.73 Å². The van der Waals surface area contributed by atoms with E-state index < -0.39 is 0 Å². The number of hydrogen-bond donors (Lipinski definition) is 1. The predicted octanol–water partition coefficient (Wildman–Crippen LogP) is 7.44. The highest BCUT2D eigenvalue weighted by molar-refractivity contribution is 7.99. The minimum atomic E-state index is -0.114. The summed E-state index contributed by atoms with van der Waals surface area (Å²) in [5.74, 6) is 1.08. The molecule has 0 radical (unpaired) electrons. The van der Waals surface area contributed by atoms with Crippen LogP contribution in [0.15, 0.2) is 80.6 Å². The summed E-state index contributed by atoms with van der Waals surface area (Å²) < 4.78 is 5.91. The van der Waals surface area contributed by atoms with Crippen LogP contribution in [0.3, 0.4) is 0 Å². The normalized spacial score (nSPS) is 15.7. The first-order chi connectivity index (χ1) is 17.4. The molecule has 0 unspecified atom stereocenters. The number of nitrogens with zero attached hydrogens (tertiary/aromatic N) is 3. The molecule has 184 valence electrons. The topological polar surface area (TPSA) is 80.4 Å². The second-order valence-corrected chi connectivity index (χ2v) is 11.9. The second-order valence-electron chi connectivity index (χ2n) is 9.86. The van der Waals surface area contributed by atoms with Crippen LogP contribution in [0.25, 0.3) is 0 Å². The van der Waals surface area contributed by atoms with Crippen molar-refractivity contribution < 1.29 is 9.21 Å². The first kappa shape index (κ1) is 24.5. The molecule has 8 heteroatoms. The summed E-state index contributed by atoms with van der Waals surface area (Å²) >= 11 is 2.98. The van der Waals surface area contributed by atoms with Crippen molar-refractivity contribution >= 4 is 45.9 Å². The fourth-order valence-corrected chi connectivity index (χ4v) is 6.31. The van der Waals surface area contributed by atoms with Crippen LogP contribution in [0.1, 0.15) is 53.8 Å². The van der Waals surface area contributed by atoms with Crippen molar-refractivity contribution in [3.63, 3.8) is 0 Å². The Morgan fingerprint density at radius 3 is 2.67 bits per heavy atom. The molecule has 4 aromatic rings. The van der Waals surface area contributed by atoms with Crippen LogP contribution in [0.5, 0.6) is 0 Å². The number of carbonyl (C=O) groups is 1. The van der Waals surface area contributed by atoms with E-state index in [0.717, 1.165) is 35.5 Å². The van der Waals surface area contributed by atoms with Crippen LogP contribution < -0.4 is 5.32 Å². The van der Waals surface area contributed by atoms with E-state index in [1.165, 1.54) is 16.6 Å². The van der Waals surface area contributed by atoms with Gasteiger partial charge in [-0.05, 0) is 78.3 Å². The Balaban J connectivity index is 1.42. The van der Waals surface area contributed by atoms with Crippen LogP contribution in [0, 0.1) is 11.3 Å². The van der Waals surface area contributed by atoms with E-state index in [1.54, 1.807) is 36.0 Å². The standard InChI is InChI=1S/C28H28N4O2S2/c1-28(2,3)18-10-12-21-22(16-18)35-26(24(21)25(33)32-19-8-5-4-6-9-19)31-17-20-11-13-23(34-20)36-27-29-14-7-15-30-27/h4-9,11,13-15,17-18H,10,12,16H2,1-3H3,(H,32,33)/t18-/m1/s1. The molecule has 0 bridgehead atoms. The van der Waals surface area contributed by atoms with Crippen LogP contribution >= 0.6 is 23.1 Å². The maximum absolute atomic E-state index is 13.4. The summed E-state index contributed by atoms with van der Waals surface area (Å²) in [5.41, 5.74) is 2.82. The van der Waals surface area contributed by atoms with Crippen molar-refractivity contribution in [2.75, 3.05) is 5.32 Å². The summed E-state index contributed by atoms with van der Waals surface area (Å²) in [7, 11) is 0. The third-order valence-electron chi connectivity index (χ3n) is 6.38. The Hall–Kier alpha value is -3.23. The van der Waals surface area contributed by atoms with E-state index in [1.807, 2.05) is 42.5 Å². The summed E-state index contributed by atoms with van der Waals surface area (Å²) in [4.78, 5) is 27.9. The fraction of sp³-hybridized carbons (Fsp3) is 0.286. The Morgan fingerprint density at radius 2 is 1.92 bits per heavy atom. The number of hydrogen-bond acceptors (Lipinski definition) is 7. The van der Waals surface area contributed by atoms with Gasteiger partial charge in [0.2, 0.25) is 0 Å². The van der Waals surface area contributed by atoms with Gasteiger partial charge in [-0.3, -0.25) is 4.79 Å². The van der Waals surface area contributed by atoms with Gasteiger partial charge in [0.1, 0.15) is 10.8 Å². The number of rotatable bonds is 6. The number of nitrogens with one attached hydrogen (secondary N) is 1. The van der Waals surface area contributed by atoms with Crippen LogP contribution in [0.4, 0.5) is 10.7 Å². The first-order valence-corrected chi connectivity index (χ1v) is 13.6. The lowest BCUT2D eigenvalue weighted by atomic mass is 9.72. The third-order valence-corrected chi connectivity index (χ3v) is 8.35. The molecule has 0 spiro atoms. The minimum absolute atomic E-state index is 0.114. The SMILES string of the molecule is CC(C)(C)[C@@H]1CCc2c(sc(N=Cc3ccc(Sc4ncccn4)o3)c2C(=O)Nc2ccccc2)C1. The van der Waals surface area contributed by atoms with Gasteiger partial charge in [0.25, 0.3) is 5.91 Å². The largest absolute Gasteiger partial charge is 0.448 e. The summed E-state index contributed by atoms with van der Waals surface area (Å²) in [5, 5.41) is 5.08. The maximum atomic E-state index is 13.4. The molecule has 1 aliphatic rings. The van der Waals surface area contributed by atoms with Crippen molar-refractivity contribution in [2.45, 2.75) is 50.3 Å². The molecule has 0 fully saturated rings. The van der Waals surface area contributed by atoms with Crippen LogP contribution in [-0.4, -0.2) is 22.1 Å². The zero-order valence-corrected chi connectivity index (χ0v) is 22.2. The van der Waals surface area contributed by atoms with Crippen molar-refractivity contribution in [3.8, 4) is 0 Å². The van der Waals surface area contributed by atoms with Gasteiger partial charge in [0.15, 0.2) is 10.2 Å². The molecule has 0 aliphatic heterocycles. The first-order valence-electron chi connectivity index (χ1n) is 12.0. The van der Waals surface area contributed by atoms with Gasteiger partial charge in [0.05, 0.1) is 11.8 Å². The van der Waals surface area contributed by atoms with Crippen molar-refractivity contribution in [3.05, 3.63) is 82.7 Å². The number of benzene rings is 1. The summed E-state index contributed by atoms with van der Waals surface area (Å²) in [6, 6.07) is 15.1. The lowest BCUT2D eigenvalue weighted by Gasteiger charge is -2.33. The molecular weight excluding hydrogens is 488 g/mol. The number of para-hydroxylation sites is 1. The molecule has 0 saturated heterocycles. The van der Waals surface area contributed by atoms with Gasteiger partial charge >= 0.3 is 0 Å². The van der Waals surface area contributed by atoms with E-state index in [2.05, 4.69) is 36.1 Å². The minimum Gasteiger partial charge on any atom is -0.448 e. The number of aliphatic imine (C=N–C) groups is 1. The zero-order valence-electron chi connectivity index (χ0n) is 20.5. The monoisotopic (exact) mass is 516 g/mol. The van der Waals surface area contributed by atoms with E-state index in [4.69, 9.17) is 9.41 Å². The van der Waals surface area contributed by atoms with Crippen molar-refractivity contribution in [1.29, 1.82) is 0 Å². The highest BCUT2D eigenvalue weighted by Gasteiger charge is 2.33. The molecule has 3 aromatic heterocycles. The molecule has 6 nitrogen and oxygen atoms in total. The third kappa shape index (κ3) is 5.60. The van der Waals surface area contributed by atoms with Crippen molar-refractivity contribution in [1.82, 2.24) is 9.97 Å². The van der Waals surface area contributed by atoms with Gasteiger partial charge in [-0.1, -0.05) is 39.0 Å². The average Bonchev–Trinajstić information content (AvgIpc) is 3.46. The molecule has 36 heavy (non-hydrogen) atoms. The van der Waals surface area contributed by atoms with Crippen LogP contribution in [0.2, 0.25) is 0 Å². The molecule has 5 rings (SSSR count). The molecule has 1 atom stereocenters. The smallest absolute Gasteiger partial charge is 0.259 e. The van der Waals surface area contributed by atoms with Gasteiger partial charge in [-0.25, -0.2) is 15.0 Å². The number of carbonyl (C=O) groups excluding carboxylic acids is 1. The molecule has 1 amide bonds. The molecule has 1 N–H and O–H groups in total. The van der Waals surface area contributed by atoms with E-state index in [0.29, 0.717) is 27.5 Å². The molecule has 1 aromatic carbocycles. The second kappa shape index (κ2) is 10.4. The predicted molar refractivity (Wildman–Crippen MR) is 146 cm³/mol.